The van der Waals surface area contributed by atoms with E-state index in [-0.39, 0.29) is 5.92 Å². The summed E-state index contributed by atoms with van der Waals surface area (Å²) in [4.78, 5) is 21.3. The summed E-state index contributed by atoms with van der Waals surface area (Å²) in [7, 11) is 0. The zero-order valence-corrected chi connectivity index (χ0v) is 8.89. The minimum atomic E-state index is -1.67. The van der Waals surface area contributed by atoms with E-state index in [1.807, 2.05) is 0 Å². The number of ether oxygens (including phenoxy) is 1. The molecule has 0 spiro atoms. The third-order valence-corrected chi connectivity index (χ3v) is 2.90. The Hall–Kier alpha value is -1.14. The highest BCUT2D eigenvalue weighted by Gasteiger charge is 2.41. The Morgan fingerprint density at radius 1 is 1.12 bits per heavy atom. The lowest BCUT2D eigenvalue weighted by molar-refractivity contribution is -0.156. The van der Waals surface area contributed by atoms with E-state index in [0.717, 1.165) is 0 Å². The molecule has 16 heavy (non-hydrogen) atoms. The molecule has 0 unspecified atom stereocenters. The zero-order chi connectivity index (χ0) is 12.2. The van der Waals surface area contributed by atoms with Crippen molar-refractivity contribution in [1.29, 1.82) is 0 Å². The third kappa shape index (κ3) is 3.46. The van der Waals surface area contributed by atoms with Gasteiger partial charge in [0.25, 0.3) is 0 Å². The van der Waals surface area contributed by atoms with Gasteiger partial charge in [0.15, 0.2) is 0 Å². The van der Waals surface area contributed by atoms with Crippen LogP contribution in [0.15, 0.2) is 0 Å². The predicted octanol–water partition coefficient (Wildman–Crippen LogP) is 0.0935. The van der Waals surface area contributed by atoms with Crippen molar-refractivity contribution in [3.63, 3.8) is 0 Å². The quantitative estimate of drug-likeness (QED) is 0.620. The molecule has 0 aromatic heterocycles. The first-order valence-corrected chi connectivity index (χ1v) is 5.18. The monoisotopic (exact) mass is 232 g/mol. The molecule has 1 aliphatic rings. The number of hydrogen-bond acceptors (Lipinski definition) is 4. The van der Waals surface area contributed by atoms with Gasteiger partial charge in [-0.15, -0.1) is 0 Å². The first kappa shape index (κ1) is 12.9. The Balaban J connectivity index is 2.74. The molecule has 1 rings (SSSR count). The largest absolute Gasteiger partial charge is 0.481 e. The van der Waals surface area contributed by atoms with Crippen LogP contribution >= 0.6 is 0 Å². The van der Waals surface area contributed by atoms with Crippen LogP contribution in [-0.4, -0.2) is 46.1 Å². The molecule has 6 heteroatoms. The smallest absolute Gasteiger partial charge is 0.306 e. The predicted molar refractivity (Wildman–Crippen MR) is 53.0 cm³/mol. The number of hydrogen-bond donors (Lipinski definition) is 3. The summed E-state index contributed by atoms with van der Waals surface area (Å²) in [5.41, 5.74) is -1.67. The fourth-order valence-electron chi connectivity index (χ4n) is 2.11. The van der Waals surface area contributed by atoms with Crippen molar-refractivity contribution < 1.29 is 29.6 Å². The summed E-state index contributed by atoms with van der Waals surface area (Å²) >= 11 is 0. The second-order valence-corrected chi connectivity index (χ2v) is 4.13. The molecule has 92 valence electrons. The van der Waals surface area contributed by atoms with Gasteiger partial charge in [-0.05, 0) is 18.8 Å². The molecule has 0 saturated carbocycles. The summed E-state index contributed by atoms with van der Waals surface area (Å²) in [6.07, 6.45) is -0.0813. The van der Waals surface area contributed by atoms with Crippen molar-refractivity contribution in [3.05, 3.63) is 0 Å². The third-order valence-electron chi connectivity index (χ3n) is 2.90. The molecule has 0 radical (unpaired) electrons. The first-order chi connectivity index (χ1) is 7.44. The summed E-state index contributed by atoms with van der Waals surface area (Å²) in [5.74, 6) is -2.70. The fourth-order valence-corrected chi connectivity index (χ4v) is 2.11. The molecule has 0 aliphatic carbocycles. The normalized spacial score (nSPS) is 18.3. The summed E-state index contributed by atoms with van der Waals surface area (Å²) < 4.78 is 5.10. The highest BCUT2D eigenvalue weighted by atomic mass is 16.5. The number of aliphatic carboxylic acids is 2. The van der Waals surface area contributed by atoms with E-state index in [0.29, 0.717) is 26.1 Å². The van der Waals surface area contributed by atoms with Gasteiger partial charge in [-0.1, -0.05) is 0 Å². The van der Waals surface area contributed by atoms with Gasteiger partial charge in [0.05, 0.1) is 18.4 Å². The molecule has 1 aliphatic heterocycles. The highest BCUT2D eigenvalue weighted by molar-refractivity contribution is 5.72. The molecule has 3 N–H and O–H groups in total. The van der Waals surface area contributed by atoms with Gasteiger partial charge in [-0.25, -0.2) is 0 Å². The molecule has 0 aromatic rings. The Morgan fingerprint density at radius 3 is 1.94 bits per heavy atom. The number of carboxylic acids is 2. The van der Waals surface area contributed by atoms with E-state index in [2.05, 4.69) is 0 Å². The van der Waals surface area contributed by atoms with Gasteiger partial charge in [-0.3, -0.25) is 9.59 Å². The second kappa shape index (κ2) is 5.27. The Kier molecular flexibility index (Phi) is 4.26. The number of carbonyl (C=O) groups is 2. The number of aliphatic hydroxyl groups is 1. The van der Waals surface area contributed by atoms with Gasteiger partial charge in [0, 0.05) is 13.2 Å². The van der Waals surface area contributed by atoms with Crippen molar-refractivity contribution >= 4 is 11.9 Å². The van der Waals surface area contributed by atoms with Crippen LogP contribution in [0.4, 0.5) is 0 Å². The van der Waals surface area contributed by atoms with Gasteiger partial charge in [-0.2, -0.15) is 0 Å². The van der Waals surface area contributed by atoms with Crippen LogP contribution in [-0.2, 0) is 14.3 Å². The molecule has 0 atom stereocenters. The lowest BCUT2D eigenvalue weighted by Gasteiger charge is -2.36. The van der Waals surface area contributed by atoms with Crippen LogP contribution in [0.5, 0.6) is 0 Å². The summed E-state index contributed by atoms with van der Waals surface area (Å²) in [6, 6.07) is 0. The summed E-state index contributed by atoms with van der Waals surface area (Å²) in [6.45, 7) is 0.873. The van der Waals surface area contributed by atoms with Gasteiger partial charge >= 0.3 is 11.9 Å². The molecule has 1 fully saturated rings. The van der Waals surface area contributed by atoms with E-state index < -0.39 is 30.4 Å². The lowest BCUT2D eigenvalue weighted by atomic mass is 9.77. The maximum Gasteiger partial charge on any atom is 0.306 e. The highest BCUT2D eigenvalue weighted by Crippen LogP contribution is 2.33. The minimum Gasteiger partial charge on any atom is -0.481 e. The molecule has 0 bridgehead atoms. The second-order valence-electron chi connectivity index (χ2n) is 4.13. The van der Waals surface area contributed by atoms with Crippen LogP contribution in [0.25, 0.3) is 0 Å². The Labute approximate surface area is 92.8 Å². The zero-order valence-electron chi connectivity index (χ0n) is 8.89. The fraction of sp³-hybridized carbons (Fsp3) is 0.800. The topological polar surface area (TPSA) is 104 Å². The van der Waals surface area contributed by atoms with Crippen molar-refractivity contribution in [2.24, 2.45) is 5.92 Å². The van der Waals surface area contributed by atoms with Crippen LogP contribution in [0.3, 0.4) is 0 Å². The molecule has 6 nitrogen and oxygen atoms in total. The van der Waals surface area contributed by atoms with E-state index in [1.165, 1.54) is 0 Å². The Bertz CT molecular complexity index is 252. The van der Waals surface area contributed by atoms with Crippen LogP contribution in [0.1, 0.15) is 25.7 Å². The number of carboxylic acid groups (broad SMARTS) is 2. The number of rotatable bonds is 5. The molecular formula is C10H16O6. The molecule has 1 saturated heterocycles. The average Bonchev–Trinajstić information content (AvgIpc) is 2.16. The molecule has 0 amide bonds. The van der Waals surface area contributed by atoms with Gasteiger partial charge < -0.3 is 20.1 Å². The standard InChI is InChI=1S/C10H16O6/c11-8(12)5-10(15,6-9(13)14)7-1-3-16-4-2-7/h7,15H,1-6H2,(H,11,12)(H,13,14). The Morgan fingerprint density at radius 2 is 1.56 bits per heavy atom. The van der Waals surface area contributed by atoms with Crippen molar-refractivity contribution in [3.8, 4) is 0 Å². The molecule has 1 heterocycles. The average molecular weight is 232 g/mol. The maximum atomic E-state index is 10.7. The first-order valence-electron chi connectivity index (χ1n) is 5.18. The summed E-state index contributed by atoms with van der Waals surface area (Å²) in [5, 5.41) is 27.6. The van der Waals surface area contributed by atoms with Crippen LogP contribution in [0, 0.1) is 5.92 Å². The van der Waals surface area contributed by atoms with E-state index in [1.54, 1.807) is 0 Å². The van der Waals surface area contributed by atoms with Crippen LogP contribution in [0.2, 0.25) is 0 Å². The molecule has 0 aromatic carbocycles. The van der Waals surface area contributed by atoms with Crippen molar-refractivity contribution in [2.75, 3.05) is 13.2 Å². The maximum absolute atomic E-state index is 10.7. The molecular weight excluding hydrogens is 216 g/mol. The van der Waals surface area contributed by atoms with Gasteiger partial charge in [0.1, 0.15) is 0 Å². The SMILES string of the molecule is O=C(O)CC(O)(CC(=O)O)C1CCOCC1. The van der Waals surface area contributed by atoms with E-state index >= 15 is 0 Å². The van der Waals surface area contributed by atoms with Crippen molar-refractivity contribution in [2.45, 2.75) is 31.3 Å². The minimum absolute atomic E-state index is 0.326. The van der Waals surface area contributed by atoms with Crippen molar-refractivity contribution in [1.82, 2.24) is 0 Å². The lowest BCUT2D eigenvalue weighted by Crippen LogP contribution is -2.44. The van der Waals surface area contributed by atoms with Crippen LogP contribution < -0.4 is 0 Å². The van der Waals surface area contributed by atoms with E-state index in [4.69, 9.17) is 14.9 Å². The van der Waals surface area contributed by atoms with E-state index in [9.17, 15) is 14.7 Å². The van der Waals surface area contributed by atoms with Gasteiger partial charge in [0.2, 0.25) is 0 Å².